The third-order valence-corrected chi connectivity index (χ3v) is 5.45. The van der Waals surface area contributed by atoms with E-state index in [0.29, 0.717) is 12.5 Å². The van der Waals surface area contributed by atoms with Crippen molar-refractivity contribution in [3.05, 3.63) is 34.1 Å². The van der Waals surface area contributed by atoms with Gasteiger partial charge in [-0.15, -0.1) is 0 Å². The fourth-order valence-corrected chi connectivity index (χ4v) is 3.96. The van der Waals surface area contributed by atoms with Crippen LogP contribution < -0.4 is 10.6 Å². The Morgan fingerprint density at radius 2 is 2.25 bits per heavy atom. The minimum atomic E-state index is -0.160. The maximum Gasteiger partial charge on any atom is 0.237 e. The SMILES string of the molecule is O=C(NCC1CCCN(Cc2ccc(Br)cc2F)C1)C1CCCN1. The second-order valence-corrected chi connectivity index (χ2v) is 7.79. The van der Waals surface area contributed by atoms with Crippen LogP contribution in [0.2, 0.25) is 0 Å². The number of benzene rings is 1. The molecule has 1 amide bonds. The van der Waals surface area contributed by atoms with Crippen LogP contribution in [0.25, 0.3) is 0 Å². The van der Waals surface area contributed by atoms with Gasteiger partial charge in [0.1, 0.15) is 5.82 Å². The van der Waals surface area contributed by atoms with E-state index < -0.39 is 0 Å². The first-order valence-electron chi connectivity index (χ1n) is 8.79. The number of carbonyl (C=O) groups is 1. The van der Waals surface area contributed by atoms with Gasteiger partial charge in [0.25, 0.3) is 0 Å². The zero-order chi connectivity index (χ0) is 16.9. The Labute approximate surface area is 151 Å². The molecule has 0 aromatic heterocycles. The number of likely N-dealkylation sites (tertiary alicyclic amines) is 1. The molecule has 0 aliphatic carbocycles. The molecule has 2 saturated heterocycles. The van der Waals surface area contributed by atoms with Gasteiger partial charge < -0.3 is 10.6 Å². The smallest absolute Gasteiger partial charge is 0.237 e. The molecular weight excluding hydrogens is 373 g/mol. The van der Waals surface area contributed by atoms with Gasteiger partial charge in [0.15, 0.2) is 0 Å². The number of nitrogens with one attached hydrogen (secondary N) is 2. The van der Waals surface area contributed by atoms with Crippen molar-refractivity contribution in [2.24, 2.45) is 5.92 Å². The van der Waals surface area contributed by atoms with Gasteiger partial charge in [-0.1, -0.05) is 22.0 Å². The normalized spacial score (nSPS) is 24.9. The minimum absolute atomic E-state index is 0.0124. The molecule has 3 rings (SSSR count). The van der Waals surface area contributed by atoms with Crippen molar-refractivity contribution < 1.29 is 9.18 Å². The van der Waals surface area contributed by atoms with Crippen LogP contribution in [-0.4, -0.2) is 43.0 Å². The summed E-state index contributed by atoms with van der Waals surface area (Å²) in [5.41, 5.74) is 0.734. The molecule has 1 aromatic carbocycles. The predicted octanol–water partition coefficient (Wildman–Crippen LogP) is 2.67. The minimum Gasteiger partial charge on any atom is -0.354 e. The van der Waals surface area contributed by atoms with E-state index in [-0.39, 0.29) is 17.8 Å². The van der Waals surface area contributed by atoms with E-state index in [4.69, 9.17) is 0 Å². The van der Waals surface area contributed by atoms with Crippen LogP contribution in [0, 0.1) is 11.7 Å². The molecular formula is C18H25BrFN3O. The fraction of sp³-hybridized carbons (Fsp3) is 0.611. The molecule has 2 aliphatic heterocycles. The molecule has 1 aromatic rings. The largest absolute Gasteiger partial charge is 0.354 e. The Kier molecular flexibility index (Phi) is 6.25. The number of hydrogen-bond acceptors (Lipinski definition) is 3. The van der Waals surface area contributed by atoms with Crippen molar-refractivity contribution in [3.63, 3.8) is 0 Å². The molecule has 132 valence electrons. The molecule has 24 heavy (non-hydrogen) atoms. The lowest BCUT2D eigenvalue weighted by Gasteiger charge is -2.33. The lowest BCUT2D eigenvalue weighted by molar-refractivity contribution is -0.123. The highest BCUT2D eigenvalue weighted by molar-refractivity contribution is 9.10. The maximum absolute atomic E-state index is 14.0. The zero-order valence-electron chi connectivity index (χ0n) is 13.9. The first-order chi connectivity index (χ1) is 11.6. The summed E-state index contributed by atoms with van der Waals surface area (Å²) in [6, 6.07) is 5.23. The number of piperidine rings is 1. The molecule has 0 saturated carbocycles. The summed E-state index contributed by atoms with van der Waals surface area (Å²) >= 11 is 3.29. The van der Waals surface area contributed by atoms with Crippen molar-refractivity contribution in [1.82, 2.24) is 15.5 Å². The Morgan fingerprint density at radius 1 is 1.38 bits per heavy atom. The van der Waals surface area contributed by atoms with E-state index in [0.717, 1.165) is 61.9 Å². The number of carbonyl (C=O) groups excluding carboxylic acids is 1. The molecule has 2 fully saturated rings. The molecule has 0 spiro atoms. The Bertz CT molecular complexity index is 577. The summed E-state index contributed by atoms with van der Waals surface area (Å²) < 4.78 is 14.8. The van der Waals surface area contributed by atoms with Gasteiger partial charge in [0, 0.05) is 29.7 Å². The van der Waals surface area contributed by atoms with Gasteiger partial charge in [0.05, 0.1) is 6.04 Å². The van der Waals surface area contributed by atoms with Crippen LogP contribution in [0.1, 0.15) is 31.2 Å². The first-order valence-corrected chi connectivity index (χ1v) is 9.58. The highest BCUT2D eigenvalue weighted by Gasteiger charge is 2.25. The van der Waals surface area contributed by atoms with Gasteiger partial charge in [-0.05, 0) is 56.8 Å². The Morgan fingerprint density at radius 3 is 3.00 bits per heavy atom. The van der Waals surface area contributed by atoms with E-state index in [1.165, 1.54) is 6.07 Å². The van der Waals surface area contributed by atoms with Crippen LogP contribution >= 0.6 is 15.9 Å². The van der Waals surface area contributed by atoms with Crippen molar-refractivity contribution in [3.8, 4) is 0 Å². The number of nitrogens with zero attached hydrogens (tertiary/aromatic N) is 1. The van der Waals surface area contributed by atoms with Crippen LogP contribution in [0.5, 0.6) is 0 Å². The highest BCUT2D eigenvalue weighted by atomic mass is 79.9. The predicted molar refractivity (Wildman–Crippen MR) is 96.1 cm³/mol. The standard InChI is InChI=1S/C18H25BrFN3O/c19-15-6-5-14(16(20)9-15)12-23-8-2-3-13(11-23)10-22-18(24)17-4-1-7-21-17/h5-6,9,13,17,21H,1-4,7-8,10-12H2,(H,22,24). The van der Waals surface area contributed by atoms with Gasteiger partial charge >= 0.3 is 0 Å². The topological polar surface area (TPSA) is 44.4 Å². The van der Waals surface area contributed by atoms with E-state index >= 15 is 0 Å². The number of halogens is 2. The second kappa shape index (κ2) is 8.41. The third kappa shape index (κ3) is 4.77. The monoisotopic (exact) mass is 397 g/mol. The van der Waals surface area contributed by atoms with E-state index in [1.54, 1.807) is 0 Å². The summed E-state index contributed by atoms with van der Waals surface area (Å²) in [7, 11) is 0. The van der Waals surface area contributed by atoms with E-state index in [9.17, 15) is 9.18 Å². The Balaban J connectivity index is 1.48. The summed E-state index contributed by atoms with van der Waals surface area (Å²) in [6.07, 6.45) is 4.23. The van der Waals surface area contributed by atoms with Crippen molar-refractivity contribution in [1.29, 1.82) is 0 Å². The van der Waals surface area contributed by atoms with Gasteiger partial charge in [-0.2, -0.15) is 0 Å². The molecule has 2 atom stereocenters. The van der Waals surface area contributed by atoms with Gasteiger partial charge in [0.2, 0.25) is 5.91 Å². The van der Waals surface area contributed by atoms with Crippen molar-refractivity contribution in [2.45, 2.75) is 38.3 Å². The highest BCUT2D eigenvalue weighted by Crippen LogP contribution is 2.21. The van der Waals surface area contributed by atoms with Crippen molar-refractivity contribution >= 4 is 21.8 Å². The van der Waals surface area contributed by atoms with Crippen LogP contribution in [0.4, 0.5) is 4.39 Å². The van der Waals surface area contributed by atoms with Crippen molar-refractivity contribution in [2.75, 3.05) is 26.2 Å². The molecule has 2 heterocycles. The van der Waals surface area contributed by atoms with Gasteiger partial charge in [-0.25, -0.2) is 4.39 Å². The number of amides is 1. The average molecular weight is 398 g/mol. The quantitative estimate of drug-likeness (QED) is 0.802. The number of rotatable bonds is 5. The average Bonchev–Trinajstić information content (AvgIpc) is 3.10. The number of hydrogen-bond donors (Lipinski definition) is 2. The summed E-state index contributed by atoms with van der Waals surface area (Å²) in [5, 5.41) is 6.32. The fourth-order valence-electron chi connectivity index (χ4n) is 3.63. The van der Waals surface area contributed by atoms with Gasteiger partial charge in [-0.3, -0.25) is 9.69 Å². The second-order valence-electron chi connectivity index (χ2n) is 6.87. The van der Waals surface area contributed by atoms with Crippen LogP contribution in [0.15, 0.2) is 22.7 Å². The third-order valence-electron chi connectivity index (χ3n) is 4.95. The molecule has 2 aliphatic rings. The molecule has 6 heteroatoms. The lowest BCUT2D eigenvalue weighted by Crippen LogP contribution is -2.45. The van der Waals surface area contributed by atoms with Crippen LogP contribution in [-0.2, 0) is 11.3 Å². The molecule has 4 nitrogen and oxygen atoms in total. The molecule has 0 bridgehead atoms. The molecule has 2 unspecified atom stereocenters. The zero-order valence-corrected chi connectivity index (χ0v) is 15.4. The van der Waals surface area contributed by atoms with Crippen LogP contribution in [0.3, 0.4) is 0 Å². The lowest BCUT2D eigenvalue weighted by atomic mass is 9.97. The summed E-state index contributed by atoms with van der Waals surface area (Å²) in [6.45, 7) is 4.19. The first kappa shape index (κ1) is 17.8. The van der Waals surface area contributed by atoms with E-state index in [1.807, 2.05) is 12.1 Å². The summed E-state index contributed by atoms with van der Waals surface area (Å²) in [4.78, 5) is 14.4. The molecule has 2 N–H and O–H groups in total. The Hall–Kier alpha value is -0.980. The van der Waals surface area contributed by atoms with E-state index in [2.05, 4.69) is 31.5 Å². The molecule has 0 radical (unpaired) electrons. The maximum atomic E-state index is 14.0. The summed E-state index contributed by atoms with van der Waals surface area (Å²) in [5.74, 6) is 0.415.